The van der Waals surface area contributed by atoms with Crippen LogP contribution in [0.2, 0.25) is 15.2 Å². The van der Waals surface area contributed by atoms with Crippen molar-refractivity contribution in [3.63, 3.8) is 0 Å². The van der Waals surface area contributed by atoms with E-state index in [1.54, 1.807) is 27.0 Å². The number of anilines is 2. The Balaban J connectivity index is 1.98. The molecule has 3 heterocycles. The van der Waals surface area contributed by atoms with E-state index in [-0.39, 0.29) is 58.7 Å². The van der Waals surface area contributed by atoms with Crippen molar-refractivity contribution in [2.45, 2.75) is 59.1 Å². The third-order valence-electron chi connectivity index (χ3n) is 5.84. The summed E-state index contributed by atoms with van der Waals surface area (Å²) >= 11 is 19.1. The highest BCUT2D eigenvalue weighted by Gasteiger charge is 2.37. The number of hydrogen-bond acceptors (Lipinski definition) is 7. The fourth-order valence-electron chi connectivity index (χ4n) is 4.01. The van der Waals surface area contributed by atoms with Crippen molar-refractivity contribution < 1.29 is 19.4 Å². The van der Waals surface area contributed by atoms with Crippen molar-refractivity contribution in [1.29, 1.82) is 0 Å². The maximum Gasteiger partial charge on any atom is 0.410 e. The number of aliphatic hydroxyl groups is 1. The van der Waals surface area contributed by atoms with Crippen molar-refractivity contribution >= 4 is 58.3 Å². The zero-order valence-electron chi connectivity index (χ0n) is 21.7. The van der Waals surface area contributed by atoms with Crippen LogP contribution in [0.25, 0.3) is 0 Å². The highest BCUT2D eigenvalue weighted by Crippen LogP contribution is 2.39. The van der Waals surface area contributed by atoms with Gasteiger partial charge in [0.1, 0.15) is 17.0 Å². The van der Waals surface area contributed by atoms with E-state index in [1.165, 1.54) is 9.80 Å². The molecule has 12 heteroatoms. The van der Waals surface area contributed by atoms with E-state index in [1.807, 2.05) is 26.8 Å². The van der Waals surface area contributed by atoms with Crippen molar-refractivity contribution in [2.75, 3.05) is 31.6 Å². The van der Waals surface area contributed by atoms with Gasteiger partial charge in [-0.2, -0.15) is 0 Å². The van der Waals surface area contributed by atoms with E-state index in [2.05, 4.69) is 15.3 Å². The summed E-state index contributed by atoms with van der Waals surface area (Å²) in [5.74, 6) is -0.303. The Morgan fingerprint density at radius 1 is 1.22 bits per heavy atom. The van der Waals surface area contributed by atoms with Gasteiger partial charge in [0.25, 0.3) is 5.91 Å². The third-order valence-corrected chi connectivity index (χ3v) is 7.05. The van der Waals surface area contributed by atoms with Crippen LogP contribution in [0.1, 0.15) is 62.2 Å². The number of aliphatic hydroxyl groups excluding tert-OH is 1. The fraction of sp³-hybridized carbons (Fsp3) is 0.520. The van der Waals surface area contributed by atoms with Crippen LogP contribution in [0.3, 0.4) is 0 Å². The first-order valence-corrected chi connectivity index (χ1v) is 13.0. The Hall–Kier alpha value is -2.33. The van der Waals surface area contributed by atoms with Crippen LogP contribution in [0.15, 0.2) is 12.3 Å². The number of nitrogens with zero attached hydrogens (tertiary/aromatic N) is 4. The van der Waals surface area contributed by atoms with Crippen LogP contribution in [-0.4, -0.2) is 74.8 Å². The van der Waals surface area contributed by atoms with E-state index >= 15 is 0 Å². The first-order valence-electron chi connectivity index (χ1n) is 11.9. The molecule has 0 bridgehead atoms. The summed E-state index contributed by atoms with van der Waals surface area (Å²) in [4.78, 5) is 38.2. The second kappa shape index (κ2) is 11.6. The molecule has 3 rings (SSSR count). The predicted octanol–water partition coefficient (Wildman–Crippen LogP) is 5.67. The summed E-state index contributed by atoms with van der Waals surface area (Å²) in [6.07, 6.45) is 1.20. The number of hydrogen-bond donors (Lipinski definition) is 2. The molecule has 0 aliphatic carbocycles. The van der Waals surface area contributed by atoms with Crippen LogP contribution < -0.4 is 5.32 Å². The summed E-state index contributed by atoms with van der Waals surface area (Å²) in [7, 11) is 0. The van der Waals surface area contributed by atoms with Crippen LogP contribution >= 0.6 is 34.8 Å². The van der Waals surface area contributed by atoms with Gasteiger partial charge in [-0.15, -0.1) is 0 Å². The van der Waals surface area contributed by atoms with Crippen LogP contribution in [0.5, 0.6) is 0 Å². The summed E-state index contributed by atoms with van der Waals surface area (Å²) in [6, 6.07) is 1.14. The van der Waals surface area contributed by atoms with Crippen molar-refractivity contribution in [3.8, 4) is 0 Å². The van der Waals surface area contributed by atoms with Gasteiger partial charge in [-0.25, -0.2) is 9.78 Å². The average Bonchev–Trinajstić information content (AvgIpc) is 2.82. The van der Waals surface area contributed by atoms with Crippen LogP contribution in [0, 0.1) is 6.92 Å². The number of aromatic nitrogens is 2. The molecule has 2 amide bonds. The van der Waals surface area contributed by atoms with Crippen LogP contribution in [0.4, 0.5) is 16.3 Å². The number of rotatable bonds is 5. The number of aryl methyl sites for hydroxylation is 1. The zero-order valence-corrected chi connectivity index (χ0v) is 24.0. The maximum atomic E-state index is 13.9. The number of amides is 2. The Labute approximate surface area is 232 Å². The molecule has 1 saturated heterocycles. The SMILES string of the molecule is Cc1ccnc(C(C)C)c1Nc1nc(Cl)c(Cl)c(Cl)c1C(=O)N1CCN(C(=O)OC(C)(C)C)C[C@@H]1CO. The molecule has 2 N–H and O–H groups in total. The largest absolute Gasteiger partial charge is 0.444 e. The molecule has 0 aromatic carbocycles. The predicted molar refractivity (Wildman–Crippen MR) is 145 cm³/mol. The molecule has 1 fully saturated rings. The van der Waals surface area contributed by atoms with Gasteiger partial charge in [-0.3, -0.25) is 9.78 Å². The van der Waals surface area contributed by atoms with Gasteiger partial charge in [-0.1, -0.05) is 48.7 Å². The van der Waals surface area contributed by atoms with E-state index in [4.69, 9.17) is 39.5 Å². The molecule has 202 valence electrons. The average molecular weight is 573 g/mol. The lowest BCUT2D eigenvalue weighted by Gasteiger charge is -2.41. The Morgan fingerprint density at radius 3 is 2.49 bits per heavy atom. The number of pyridine rings is 2. The van der Waals surface area contributed by atoms with E-state index < -0.39 is 23.6 Å². The standard InChI is InChI=1S/C25H32Cl3N5O4/c1-13(2)19-20(14(3)7-8-29-19)30-22-16(17(26)18(27)21(28)31-22)23(35)33-10-9-32(11-15(33)12-34)24(36)37-25(4,5)6/h7-8,13,15,34H,9-12H2,1-6H3,(H,30,31)/t15-/m1/s1. The van der Waals surface area contributed by atoms with Gasteiger partial charge in [-0.05, 0) is 45.2 Å². The minimum Gasteiger partial charge on any atom is -0.444 e. The van der Waals surface area contributed by atoms with E-state index in [0.29, 0.717) is 5.69 Å². The van der Waals surface area contributed by atoms with Gasteiger partial charge in [0.05, 0.1) is 34.1 Å². The number of ether oxygens (including phenoxy) is 1. The molecule has 2 aromatic heterocycles. The maximum absolute atomic E-state index is 13.9. The van der Waals surface area contributed by atoms with Crippen LogP contribution in [-0.2, 0) is 4.74 Å². The lowest BCUT2D eigenvalue weighted by Crippen LogP contribution is -2.58. The Bertz CT molecular complexity index is 1190. The first-order chi connectivity index (χ1) is 17.2. The second-order valence-electron chi connectivity index (χ2n) is 10.2. The summed E-state index contributed by atoms with van der Waals surface area (Å²) < 4.78 is 5.45. The summed E-state index contributed by atoms with van der Waals surface area (Å²) in [6.45, 7) is 11.3. The molecule has 0 radical (unpaired) electrons. The minimum atomic E-state index is -0.696. The summed E-state index contributed by atoms with van der Waals surface area (Å²) in [5.41, 5.74) is 1.69. The molecule has 1 aliphatic heterocycles. The lowest BCUT2D eigenvalue weighted by molar-refractivity contribution is -0.00241. The molecule has 0 saturated carbocycles. The third kappa shape index (κ3) is 6.57. The Kier molecular flexibility index (Phi) is 9.16. The molecular formula is C25H32Cl3N5O4. The van der Waals surface area contributed by atoms with Gasteiger partial charge in [0.2, 0.25) is 0 Å². The topological polar surface area (TPSA) is 108 Å². The smallest absolute Gasteiger partial charge is 0.410 e. The molecule has 37 heavy (non-hydrogen) atoms. The minimum absolute atomic E-state index is 0.0122. The molecule has 0 unspecified atom stereocenters. The molecule has 1 atom stereocenters. The first kappa shape index (κ1) is 29.2. The highest BCUT2D eigenvalue weighted by atomic mass is 35.5. The van der Waals surface area contributed by atoms with Gasteiger partial charge in [0.15, 0.2) is 5.15 Å². The normalized spacial score (nSPS) is 16.2. The summed E-state index contributed by atoms with van der Waals surface area (Å²) in [5, 5.41) is 13.1. The molecule has 1 aliphatic rings. The highest BCUT2D eigenvalue weighted by molar-refractivity contribution is 6.49. The quantitative estimate of drug-likeness (QED) is 0.445. The molecule has 0 spiro atoms. The number of piperazine rings is 1. The fourth-order valence-corrected chi connectivity index (χ4v) is 4.63. The van der Waals surface area contributed by atoms with E-state index in [9.17, 15) is 14.7 Å². The van der Waals surface area contributed by atoms with Gasteiger partial charge < -0.3 is 25.0 Å². The molecular weight excluding hydrogens is 541 g/mol. The van der Waals surface area contributed by atoms with E-state index in [0.717, 1.165) is 11.3 Å². The second-order valence-corrected chi connectivity index (χ2v) is 11.3. The van der Waals surface area contributed by atoms with Crippen molar-refractivity contribution in [1.82, 2.24) is 19.8 Å². The van der Waals surface area contributed by atoms with Gasteiger partial charge >= 0.3 is 6.09 Å². The van der Waals surface area contributed by atoms with Gasteiger partial charge in [0, 0.05) is 25.8 Å². The zero-order chi connectivity index (χ0) is 27.7. The monoisotopic (exact) mass is 571 g/mol. The number of carbonyl (C=O) groups excluding carboxylic acids is 2. The Morgan fingerprint density at radius 2 is 1.89 bits per heavy atom. The molecule has 9 nitrogen and oxygen atoms in total. The van der Waals surface area contributed by atoms with Crippen molar-refractivity contribution in [3.05, 3.63) is 44.3 Å². The molecule has 2 aromatic rings. The number of nitrogens with one attached hydrogen (secondary N) is 1. The lowest BCUT2D eigenvalue weighted by atomic mass is 10.0. The number of halogens is 3. The van der Waals surface area contributed by atoms with Crippen molar-refractivity contribution in [2.24, 2.45) is 0 Å². The number of carbonyl (C=O) groups is 2.